The van der Waals surface area contributed by atoms with E-state index in [-0.39, 0.29) is 29.9 Å². The summed E-state index contributed by atoms with van der Waals surface area (Å²) in [5.74, 6) is 0. The molecule has 4 heteroatoms. The molecule has 9 aromatic rings. The number of benzene rings is 7. The zero-order valence-corrected chi connectivity index (χ0v) is 31.7. The first-order valence-corrected chi connectivity index (χ1v) is 23.9. The van der Waals surface area contributed by atoms with Gasteiger partial charge in [0.2, 0.25) is 0 Å². The molecule has 0 saturated carbocycles. The molecule has 0 aliphatic rings. The van der Waals surface area contributed by atoms with Gasteiger partial charge in [-0.25, -0.2) is 0 Å². The molecule has 2 heterocycles. The normalized spacial score (nSPS) is 12.4. The number of fused-ring (bicyclic) bond motifs is 6. The Bertz CT molecular complexity index is 2320. The molecule has 2 aromatic heterocycles. The van der Waals surface area contributed by atoms with Gasteiger partial charge in [0.05, 0.1) is 0 Å². The van der Waals surface area contributed by atoms with Crippen LogP contribution >= 0.6 is 0 Å². The molecule has 2 atom stereocenters. The molecule has 9 rings (SSSR count). The number of hydrogen-bond donors (Lipinski definition) is 0. The predicted molar refractivity (Wildman–Crippen MR) is 205 cm³/mol. The average molecular weight is 849 g/mol. The summed E-state index contributed by atoms with van der Waals surface area (Å²) >= 11 is -2.79. The molecule has 0 aliphatic heterocycles. The first-order chi connectivity index (χ1) is 22.9. The minimum atomic E-state index is -1.56. The summed E-state index contributed by atoms with van der Waals surface area (Å²) in [5, 5.41) is 6.14. The van der Waals surface area contributed by atoms with E-state index in [1.165, 1.54) is 28.6 Å². The van der Waals surface area contributed by atoms with E-state index >= 15 is 0 Å². The van der Waals surface area contributed by atoms with Gasteiger partial charge in [0.15, 0.2) is 0 Å². The van der Waals surface area contributed by atoms with Crippen LogP contribution in [0.4, 0.5) is 0 Å². The van der Waals surface area contributed by atoms with Crippen LogP contribution in [0.1, 0.15) is 0 Å². The van der Waals surface area contributed by atoms with E-state index in [4.69, 9.17) is 0 Å². The van der Waals surface area contributed by atoms with Crippen molar-refractivity contribution in [3.05, 3.63) is 170 Å². The number of hydrogen-bond acceptors (Lipinski definition) is 0. The Balaban J connectivity index is 1.57. The van der Waals surface area contributed by atoms with Crippen molar-refractivity contribution in [3.8, 4) is 8.92 Å². The van der Waals surface area contributed by atoms with Gasteiger partial charge < -0.3 is 0 Å². The summed E-state index contributed by atoms with van der Waals surface area (Å²) < 4.78 is 15.7. The van der Waals surface area contributed by atoms with Crippen molar-refractivity contribution in [1.29, 1.82) is 0 Å². The van der Waals surface area contributed by atoms with Crippen LogP contribution in [0, 0.1) is 0 Å². The summed E-state index contributed by atoms with van der Waals surface area (Å²) in [6.07, 6.45) is 0. The predicted octanol–water partition coefficient (Wildman–Crippen LogP) is 7.08. The third-order valence-corrected chi connectivity index (χ3v) is 24.3. The van der Waals surface area contributed by atoms with E-state index < -0.39 is 26.9 Å². The summed E-state index contributed by atoms with van der Waals surface area (Å²) in [6.45, 7) is 0. The molecule has 0 nitrogen and oxygen atoms in total. The first-order valence-electron chi connectivity index (χ1n) is 15.3. The van der Waals surface area contributed by atoms with Gasteiger partial charge in [-0.1, -0.05) is 0 Å². The Morgan fingerprint density at radius 1 is 0.326 bits per heavy atom. The molecule has 0 aliphatic carbocycles. The van der Waals surface area contributed by atoms with Gasteiger partial charge >= 0.3 is 292 Å². The van der Waals surface area contributed by atoms with E-state index in [1.807, 2.05) is 0 Å². The SMILES string of the molecule is c1ccc([Se]c2c3c4ccccc4[se+](-c4ccccc4)c3c([Se]c3ccccc3)c3c4ccccc4[se+](-c4ccccc4)c23)cc1. The fourth-order valence-corrected chi connectivity index (χ4v) is 24.5. The molecule has 0 bridgehead atoms. The molecule has 7 aromatic carbocycles. The van der Waals surface area contributed by atoms with Gasteiger partial charge in [-0.3, -0.25) is 0 Å². The van der Waals surface area contributed by atoms with Crippen LogP contribution in [0.2, 0.25) is 0 Å². The van der Waals surface area contributed by atoms with Crippen molar-refractivity contribution in [3.63, 3.8) is 0 Å². The number of rotatable bonds is 6. The van der Waals surface area contributed by atoms with Crippen LogP contribution in [-0.4, -0.2) is 56.8 Å². The molecule has 0 saturated heterocycles. The standard InChI is InChI=1S/C42H28Se4/c1-5-17-29(18-6-1)43-39-37-33-25-13-15-27-35(33)46(32-23-11-4-12-24-32)42(37)40(44-30-19-7-2-8-20-30)38-34-26-14-16-28-36(34)45(41(38)39)31-21-9-3-10-22-31/h1-28H/q+2. The molecule has 0 radical (unpaired) electrons. The van der Waals surface area contributed by atoms with Gasteiger partial charge in [0, 0.05) is 0 Å². The van der Waals surface area contributed by atoms with Crippen LogP contribution in [0.25, 0.3) is 47.5 Å². The van der Waals surface area contributed by atoms with E-state index in [2.05, 4.69) is 170 Å². The molecule has 218 valence electrons. The third-order valence-electron chi connectivity index (χ3n) is 8.37. The molecule has 0 fully saturated rings. The van der Waals surface area contributed by atoms with E-state index in [0.29, 0.717) is 0 Å². The van der Waals surface area contributed by atoms with Crippen molar-refractivity contribution >= 4 is 113 Å². The maximum atomic E-state index is 2.45. The molecule has 0 N–H and O–H groups in total. The molecular formula is C42H28Se4+2. The zero-order chi connectivity index (χ0) is 30.5. The second kappa shape index (κ2) is 12.3. The summed E-state index contributed by atoms with van der Waals surface area (Å²) in [6, 6.07) is 64.4. The van der Waals surface area contributed by atoms with Crippen LogP contribution in [0.5, 0.6) is 0 Å². The van der Waals surface area contributed by atoms with E-state index in [0.717, 1.165) is 0 Å². The fraction of sp³-hybridized carbons (Fsp3) is 0. The van der Waals surface area contributed by atoms with Crippen LogP contribution in [0.3, 0.4) is 0 Å². The Labute approximate surface area is 289 Å². The summed E-state index contributed by atoms with van der Waals surface area (Å²) in [7, 11) is 0. The van der Waals surface area contributed by atoms with Crippen molar-refractivity contribution in [2.24, 2.45) is 0 Å². The van der Waals surface area contributed by atoms with Crippen LogP contribution in [-0.2, 0) is 0 Å². The minimum absolute atomic E-state index is 0.164. The third kappa shape index (κ3) is 4.85. The van der Waals surface area contributed by atoms with Crippen molar-refractivity contribution in [1.82, 2.24) is 0 Å². The van der Waals surface area contributed by atoms with Gasteiger partial charge in [-0.2, -0.15) is 0 Å². The monoisotopic (exact) mass is 852 g/mol. The van der Waals surface area contributed by atoms with Crippen molar-refractivity contribution in [2.45, 2.75) is 0 Å². The molecule has 0 spiro atoms. The second-order valence-electron chi connectivity index (χ2n) is 11.1. The molecule has 0 amide bonds. The van der Waals surface area contributed by atoms with Crippen molar-refractivity contribution in [2.75, 3.05) is 0 Å². The Morgan fingerprint density at radius 3 is 1.04 bits per heavy atom. The maximum absolute atomic E-state index is 2.45. The van der Waals surface area contributed by atoms with Crippen molar-refractivity contribution < 1.29 is 0 Å². The summed E-state index contributed by atoms with van der Waals surface area (Å²) in [5.41, 5.74) is 0. The topological polar surface area (TPSA) is 0 Å². The fourth-order valence-electron chi connectivity index (χ4n) is 6.47. The zero-order valence-electron chi connectivity index (χ0n) is 24.8. The second-order valence-corrected chi connectivity index (χ2v) is 23.8. The van der Waals surface area contributed by atoms with Crippen LogP contribution < -0.4 is 17.8 Å². The summed E-state index contributed by atoms with van der Waals surface area (Å²) in [4.78, 5) is 0. The van der Waals surface area contributed by atoms with Gasteiger partial charge in [0.25, 0.3) is 0 Å². The van der Waals surface area contributed by atoms with Gasteiger partial charge in [0.1, 0.15) is 0 Å². The first kappa shape index (κ1) is 28.8. The quantitative estimate of drug-likeness (QED) is 0.157. The average Bonchev–Trinajstić information content (AvgIpc) is 3.66. The Morgan fingerprint density at radius 2 is 0.652 bits per heavy atom. The van der Waals surface area contributed by atoms with Gasteiger partial charge in [-0.05, 0) is 0 Å². The Hall–Kier alpha value is -3.38. The van der Waals surface area contributed by atoms with E-state index in [9.17, 15) is 0 Å². The Kier molecular flexibility index (Phi) is 7.72. The van der Waals surface area contributed by atoms with Crippen LogP contribution in [0.15, 0.2) is 170 Å². The molecule has 46 heavy (non-hydrogen) atoms. The molecular weight excluding hydrogens is 820 g/mol. The van der Waals surface area contributed by atoms with E-state index in [1.54, 1.807) is 36.7 Å². The van der Waals surface area contributed by atoms with Gasteiger partial charge in [-0.15, -0.1) is 0 Å². The molecule has 2 unspecified atom stereocenters.